The van der Waals surface area contributed by atoms with Crippen LogP contribution in [0, 0.1) is 0 Å². The van der Waals surface area contributed by atoms with Gasteiger partial charge in [0.05, 0.1) is 17.5 Å². The van der Waals surface area contributed by atoms with E-state index >= 15 is 0 Å². The summed E-state index contributed by atoms with van der Waals surface area (Å²) in [5.41, 5.74) is 3.54. The predicted molar refractivity (Wildman–Crippen MR) is 57.5 cm³/mol. The smallest absolute Gasteiger partial charge is 0.398 e. The lowest BCUT2D eigenvalue weighted by atomic mass is 9.97. The van der Waals surface area contributed by atoms with Gasteiger partial charge in [-0.25, -0.2) is 0 Å². The molecule has 0 aliphatic heterocycles. The summed E-state index contributed by atoms with van der Waals surface area (Å²) in [4.78, 5) is 0. The Hall–Kier alpha value is -0.980. The van der Waals surface area contributed by atoms with Crippen LogP contribution in [-0.2, 0) is 6.18 Å². The molecule has 1 rings (SSSR count). The maximum absolute atomic E-state index is 12.7. The fourth-order valence-electron chi connectivity index (χ4n) is 1.44. The Morgan fingerprint density at radius 2 is 1.88 bits per heavy atom. The maximum atomic E-state index is 12.7. The molecule has 1 aromatic rings. The molecule has 0 aliphatic carbocycles. The molecule has 96 valence electrons. The van der Waals surface area contributed by atoms with Gasteiger partial charge in [-0.3, -0.25) is 0 Å². The Labute approximate surface area is 101 Å². The molecule has 4 N–H and O–H groups in total. The second-order valence-electron chi connectivity index (χ2n) is 3.47. The lowest BCUT2D eigenvalue weighted by Crippen LogP contribution is -2.24. The molecule has 0 saturated heterocycles. The normalized spacial score (nSPS) is 15.6. The van der Waals surface area contributed by atoms with Gasteiger partial charge in [0, 0.05) is 11.3 Å². The van der Waals surface area contributed by atoms with Gasteiger partial charge in [0.15, 0.2) is 0 Å². The number of nitrogen functional groups attached to an aromatic ring is 1. The van der Waals surface area contributed by atoms with Crippen LogP contribution in [0.15, 0.2) is 18.2 Å². The Morgan fingerprint density at radius 1 is 1.29 bits per heavy atom. The van der Waals surface area contributed by atoms with E-state index in [1.807, 2.05) is 0 Å². The SMILES string of the molecule is Nc1cccc(C(F)(F)F)c1C(O)C(O)CCl. The molecular formula is C10H11ClF3NO2. The molecule has 7 heteroatoms. The largest absolute Gasteiger partial charge is 0.416 e. The van der Waals surface area contributed by atoms with E-state index in [0.29, 0.717) is 0 Å². The van der Waals surface area contributed by atoms with Crippen molar-refractivity contribution >= 4 is 17.3 Å². The number of anilines is 1. The molecular weight excluding hydrogens is 259 g/mol. The van der Waals surface area contributed by atoms with E-state index < -0.39 is 35.4 Å². The molecule has 0 bridgehead atoms. The van der Waals surface area contributed by atoms with Crippen molar-refractivity contribution in [1.29, 1.82) is 0 Å². The van der Waals surface area contributed by atoms with Gasteiger partial charge in [-0.15, -0.1) is 11.6 Å². The van der Waals surface area contributed by atoms with E-state index in [2.05, 4.69) is 0 Å². The van der Waals surface area contributed by atoms with E-state index in [9.17, 15) is 23.4 Å². The molecule has 0 radical (unpaired) electrons. The fraction of sp³-hybridized carbons (Fsp3) is 0.400. The van der Waals surface area contributed by atoms with Crippen molar-refractivity contribution in [3.8, 4) is 0 Å². The Morgan fingerprint density at radius 3 is 2.35 bits per heavy atom. The molecule has 2 unspecified atom stereocenters. The van der Waals surface area contributed by atoms with Crippen molar-refractivity contribution in [3.05, 3.63) is 29.3 Å². The summed E-state index contributed by atoms with van der Waals surface area (Å²) in [5.74, 6) is -0.396. The lowest BCUT2D eigenvalue weighted by Gasteiger charge is -2.22. The van der Waals surface area contributed by atoms with Crippen LogP contribution in [0.2, 0.25) is 0 Å². The summed E-state index contributed by atoms with van der Waals surface area (Å²) < 4.78 is 38.0. The highest BCUT2D eigenvalue weighted by atomic mass is 35.5. The Balaban J connectivity index is 3.30. The fourth-order valence-corrected chi connectivity index (χ4v) is 1.61. The number of hydrogen-bond acceptors (Lipinski definition) is 3. The summed E-state index contributed by atoms with van der Waals surface area (Å²) in [6.45, 7) is 0. The number of hydrogen-bond donors (Lipinski definition) is 3. The Bertz CT molecular complexity index is 398. The van der Waals surface area contributed by atoms with Gasteiger partial charge in [0.1, 0.15) is 6.10 Å². The van der Waals surface area contributed by atoms with E-state index in [0.717, 1.165) is 12.1 Å². The van der Waals surface area contributed by atoms with Crippen LogP contribution in [0.25, 0.3) is 0 Å². The van der Waals surface area contributed by atoms with Crippen molar-refractivity contribution < 1.29 is 23.4 Å². The third kappa shape index (κ3) is 3.02. The minimum atomic E-state index is -4.66. The van der Waals surface area contributed by atoms with Crippen LogP contribution in [0.1, 0.15) is 17.2 Å². The summed E-state index contributed by atoms with van der Waals surface area (Å²) in [6, 6.07) is 3.13. The first-order chi connectivity index (χ1) is 7.79. The molecule has 3 nitrogen and oxygen atoms in total. The van der Waals surface area contributed by atoms with Gasteiger partial charge in [-0.05, 0) is 12.1 Å². The van der Waals surface area contributed by atoms with Crippen molar-refractivity contribution in [2.24, 2.45) is 0 Å². The highest BCUT2D eigenvalue weighted by Crippen LogP contribution is 2.38. The zero-order valence-electron chi connectivity index (χ0n) is 8.58. The van der Waals surface area contributed by atoms with Crippen LogP contribution >= 0.6 is 11.6 Å². The average Bonchev–Trinajstić information content (AvgIpc) is 2.25. The van der Waals surface area contributed by atoms with Gasteiger partial charge < -0.3 is 15.9 Å². The van der Waals surface area contributed by atoms with Gasteiger partial charge in [0.25, 0.3) is 0 Å². The van der Waals surface area contributed by atoms with Crippen molar-refractivity contribution in [3.63, 3.8) is 0 Å². The zero-order chi connectivity index (χ0) is 13.2. The van der Waals surface area contributed by atoms with Gasteiger partial charge in [-0.1, -0.05) is 6.07 Å². The maximum Gasteiger partial charge on any atom is 0.416 e. The predicted octanol–water partition coefficient (Wildman–Crippen LogP) is 1.92. The molecule has 1 aromatic carbocycles. The number of aliphatic hydroxyl groups excluding tert-OH is 2. The Kier molecular flexibility index (Phi) is 4.24. The number of nitrogens with two attached hydrogens (primary N) is 1. The summed E-state index contributed by atoms with van der Waals surface area (Å²) in [5, 5.41) is 18.9. The first-order valence-corrected chi connectivity index (χ1v) is 5.20. The molecule has 0 aromatic heterocycles. The first-order valence-electron chi connectivity index (χ1n) is 4.66. The standard InChI is InChI=1S/C10H11ClF3NO2/c11-4-7(16)9(17)8-5(10(12,13)14)2-1-3-6(8)15/h1-3,7,9,16-17H,4,15H2. The second-order valence-corrected chi connectivity index (χ2v) is 3.78. The lowest BCUT2D eigenvalue weighted by molar-refractivity contribution is -0.139. The summed E-state index contributed by atoms with van der Waals surface area (Å²) in [7, 11) is 0. The molecule has 0 fully saturated rings. The zero-order valence-corrected chi connectivity index (χ0v) is 9.33. The minimum absolute atomic E-state index is 0.239. The van der Waals surface area contributed by atoms with Gasteiger partial charge in [0.2, 0.25) is 0 Å². The van der Waals surface area contributed by atoms with Crippen LogP contribution in [-0.4, -0.2) is 22.2 Å². The third-order valence-electron chi connectivity index (χ3n) is 2.26. The van der Waals surface area contributed by atoms with Crippen molar-refractivity contribution in [2.75, 3.05) is 11.6 Å². The molecule has 2 atom stereocenters. The number of alkyl halides is 4. The van der Waals surface area contributed by atoms with Crippen LogP contribution in [0.5, 0.6) is 0 Å². The molecule has 0 aliphatic rings. The third-order valence-corrected chi connectivity index (χ3v) is 2.58. The van der Waals surface area contributed by atoms with Crippen molar-refractivity contribution in [1.82, 2.24) is 0 Å². The molecule has 0 spiro atoms. The topological polar surface area (TPSA) is 66.5 Å². The van der Waals surface area contributed by atoms with Crippen LogP contribution in [0.3, 0.4) is 0 Å². The first kappa shape index (κ1) is 14.1. The van der Waals surface area contributed by atoms with E-state index in [4.69, 9.17) is 17.3 Å². The summed E-state index contributed by atoms with van der Waals surface area (Å²) >= 11 is 5.28. The van der Waals surface area contributed by atoms with E-state index in [1.165, 1.54) is 6.07 Å². The van der Waals surface area contributed by atoms with Gasteiger partial charge in [-0.2, -0.15) is 13.2 Å². The quantitative estimate of drug-likeness (QED) is 0.580. The number of halogens is 4. The highest BCUT2D eigenvalue weighted by molar-refractivity contribution is 6.18. The highest BCUT2D eigenvalue weighted by Gasteiger charge is 2.37. The van der Waals surface area contributed by atoms with E-state index in [1.54, 1.807) is 0 Å². The molecule has 0 heterocycles. The second kappa shape index (κ2) is 5.12. The summed E-state index contributed by atoms with van der Waals surface area (Å²) in [6.07, 6.45) is -7.94. The molecule has 17 heavy (non-hydrogen) atoms. The molecule has 0 amide bonds. The van der Waals surface area contributed by atoms with E-state index in [-0.39, 0.29) is 5.69 Å². The molecule has 0 saturated carbocycles. The number of aliphatic hydroxyl groups is 2. The number of benzene rings is 1. The van der Waals surface area contributed by atoms with Crippen molar-refractivity contribution in [2.45, 2.75) is 18.4 Å². The monoisotopic (exact) mass is 269 g/mol. The minimum Gasteiger partial charge on any atom is -0.398 e. The number of rotatable bonds is 3. The van der Waals surface area contributed by atoms with Gasteiger partial charge >= 0.3 is 6.18 Å². The average molecular weight is 270 g/mol. The van der Waals surface area contributed by atoms with Crippen LogP contribution in [0.4, 0.5) is 18.9 Å². The van der Waals surface area contributed by atoms with Crippen LogP contribution < -0.4 is 5.73 Å².